The van der Waals surface area contributed by atoms with Gasteiger partial charge in [0, 0.05) is 18.0 Å². The second-order valence-electron chi connectivity index (χ2n) is 5.72. The van der Waals surface area contributed by atoms with Crippen LogP contribution in [0, 0.1) is 11.8 Å². The van der Waals surface area contributed by atoms with Crippen LogP contribution in [0.1, 0.15) is 45.6 Å². The zero-order valence-electron chi connectivity index (χ0n) is 13.1. The van der Waals surface area contributed by atoms with E-state index in [0.717, 1.165) is 24.1 Å². The van der Waals surface area contributed by atoms with Crippen molar-refractivity contribution in [2.24, 2.45) is 11.8 Å². The topological polar surface area (TPSA) is 66.4 Å². The molecule has 116 valence electrons. The van der Waals surface area contributed by atoms with Gasteiger partial charge in [0.15, 0.2) is 0 Å². The zero-order valence-corrected chi connectivity index (χ0v) is 13.1. The first-order valence-corrected chi connectivity index (χ1v) is 7.55. The third-order valence-electron chi connectivity index (χ3n) is 3.59. The molecule has 0 radical (unpaired) electrons. The number of amides is 1. The zero-order chi connectivity index (χ0) is 15.8. The van der Waals surface area contributed by atoms with Crippen molar-refractivity contribution in [1.29, 1.82) is 0 Å². The lowest BCUT2D eigenvalue weighted by molar-refractivity contribution is -0.137. The summed E-state index contributed by atoms with van der Waals surface area (Å²) >= 11 is 0. The molecule has 1 rings (SSSR count). The first kappa shape index (κ1) is 17.2. The number of nitrogens with one attached hydrogen (secondary N) is 1. The first-order chi connectivity index (χ1) is 9.93. The standard InChI is InChI=1S/C17H25NO3/c1-4-5-15(12(2)3)17(21)18-14-9-6-13(7-10-14)8-11-16(19)20/h6-7,9-10,12,15H,4-5,8,11H2,1-3H3,(H,18,21)(H,19,20). The maximum atomic E-state index is 12.3. The van der Waals surface area contributed by atoms with Crippen molar-refractivity contribution in [3.8, 4) is 0 Å². The van der Waals surface area contributed by atoms with E-state index in [1.54, 1.807) is 0 Å². The highest BCUT2D eigenvalue weighted by Crippen LogP contribution is 2.20. The molecule has 1 atom stereocenters. The Hall–Kier alpha value is -1.84. The average molecular weight is 291 g/mol. The Kier molecular flexibility index (Phi) is 6.92. The van der Waals surface area contributed by atoms with Gasteiger partial charge in [-0.1, -0.05) is 39.3 Å². The van der Waals surface area contributed by atoms with Crippen molar-refractivity contribution in [2.75, 3.05) is 5.32 Å². The molecule has 1 aromatic carbocycles. The highest BCUT2D eigenvalue weighted by atomic mass is 16.4. The number of carboxylic acid groups (broad SMARTS) is 1. The van der Waals surface area contributed by atoms with E-state index in [1.807, 2.05) is 24.3 Å². The van der Waals surface area contributed by atoms with Crippen LogP contribution in [0.3, 0.4) is 0 Å². The number of hydrogen-bond donors (Lipinski definition) is 2. The number of carbonyl (C=O) groups is 2. The molecule has 0 aromatic heterocycles. The third kappa shape index (κ3) is 5.98. The summed E-state index contributed by atoms with van der Waals surface area (Å²) in [7, 11) is 0. The van der Waals surface area contributed by atoms with E-state index in [0.29, 0.717) is 12.3 Å². The SMILES string of the molecule is CCCC(C(=O)Nc1ccc(CCC(=O)O)cc1)C(C)C. The van der Waals surface area contributed by atoms with Crippen LogP contribution in [0.5, 0.6) is 0 Å². The van der Waals surface area contributed by atoms with E-state index in [4.69, 9.17) is 5.11 Å². The van der Waals surface area contributed by atoms with Crippen LogP contribution in [-0.2, 0) is 16.0 Å². The van der Waals surface area contributed by atoms with Crippen LogP contribution in [0.15, 0.2) is 24.3 Å². The van der Waals surface area contributed by atoms with Crippen LogP contribution < -0.4 is 5.32 Å². The summed E-state index contributed by atoms with van der Waals surface area (Å²) in [6.45, 7) is 6.21. The number of carboxylic acids is 1. The Morgan fingerprint density at radius 1 is 1.19 bits per heavy atom. The summed E-state index contributed by atoms with van der Waals surface area (Å²) in [4.78, 5) is 22.8. The van der Waals surface area contributed by atoms with Gasteiger partial charge in [-0.15, -0.1) is 0 Å². The van der Waals surface area contributed by atoms with Gasteiger partial charge < -0.3 is 10.4 Å². The smallest absolute Gasteiger partial charge is 0.303 e. The van der Waals surface area contributed by atoms with Crippen molar-refractivity contribution in [3.63, 3.8) is 0 Å². The molecule has 1 unspecified atom stereocenters. The van der Waals surface area contributed by atoms with Crippen LogP contribution in [0.25, 0.3) is 0 Å². The molecule has 0 saturated heterocycles. The molecule has 0 bridgehead atoms. The Balaban J connectivity index is 2.61. The molecule has 0 aliphatic heterocycles. The summed E-state index contributed by atoms with van der Waals surface area (Å²) < 4.78 is 0. The van der Waals surface area contributed by atoms with Gasteiger partial charge in [0.1, 0.15) is 0 Å². The van der Waals surface area contributed by atoms with Crippen LogP contribution in [0.4, 0.5) is 5.69 Å². The van der Waals surface area contributed by atoms with E-state index >= 15 is 0 Å². The number of anilines is 1. The fourth-order valence-corrected chi connectivity index (χ4v) is 2.32. The Bertz CT molecular complexity index is 465. The van der Waals surface area contributed by atoms with E-state index in [9.17, 15) is 9.59 Å². The summed E-state index contributed by atoms with van der Waals surface area (Å²) in [5.41, 5.74) is 1.73. The maximum Gasteiger partial charge on any atom is 0.303 e. The molecule has 21 heavy (non-hydrogen) atoms. The van der Waals surface area contributed by atoms with Crippen molar-refractivity contribution in [2.45, 2.75) is 46.5 Å². The fraction of sp³-hybridized carbons (Fsp3) is 0.529. The van der Waals surface area contributed by atoms with E-state index in [1.165, 1.54) is 0 Å². The van der Waals surface area contributed by atoms with Gasteiger partial charge in [0.2, 0.25) is 5.91 Å². The monoisotopic (exact) mass is 291 g/mol. The predicted molar refractivity (Wildman–Crippen MR) is 84.3 cm³/mol. The van der Waals surface area contributed by atoms with Crippen molar-refractivity contribution < 1.29 is 14.7 Å². The molecule has 0 aliphatic rings. The largest absolute Gasteiger partial charge is 0.481 e. The quantitative estimate of drug-likeness (QED) is 0.767. The predicted octanol–water partition coefficient (Wildman–Crippen LogP) is 3.71. The Labute approximate surface area is 126 Å². The summed E-state index contributed by atoms with van der Waals surface area (Å²) in [6.07, 6.45) is 2.51. The van der Waals surface area contributed by atoms with E-state index < -0.39 is 5.97 Å². The molecule has 4 nitrogen and oxygen atoms in total. The van der Waals surface area contributed by atoms with Gasteiger partial charge in [0.25, 0.3) is 0 Å². The minimum Gasteiger partial charge on any atom is -0.481 e. The molecule has 0 aliphatic carbocycles. The minimum absolute atomic E-state index is 0.0293. The fourth-order valence-electron chi connectivity index (χ4n) is 2.32. The summed E-state index contributed by atoms with van der Waals surface area (Å²) in [5.74, 6) is -0.390. The number of benzene rings is 1. The van der Waals surface area contributed by atoms with Crippen LogP contribution in [0.2, 0.25) is 0 Å². The van der Waals surface area contributed by atoms with Gasteiger partial charge in [-0.3, -0.25) is 9.59 Å². The van der Waals surface area contributed by atoms with Crippen LogP contribution in [-0.4, -0.2) is 17.0 Å². The molecule has 1 amide bonds. The Morgan fingerprint density at radius 3 is 2.29 bits per heavy atom. The molecule has 0 spiro atoms. The van der Waals surface area contributed by atoms with E-state index in [-0.39, 0.29) is 18.2 Å². The Morgan fingerprint density at radius 2 is 1.81 bits per heavy atom. The molecule has 4 heteroatoms. The van der Waals surface area contributed by atoms with Crippen molar-refractivity contribution in [3.05, 3.63) is 29.8 Å². The molecular formula is C17H25NO3. The van der Waals surface area contributed by atoms with Gasteiger partial charge in [-0.2, -0.15) is 0 Å². The number of aryl methyl sites for hydroxylation is 1. The van der Waals surface area contributed by atoms with Gasteiger partial charge in [0.05, 0.1) is 0 Å². The molecule has 2 N–H and O–H groups in total. The lowest BCUT2D eigenvalue weighted by atomic mass is 9.90. The average Bonchev–Trinajstić information content (AvgIpc) is 2.43. The van der Waals surface area contributed by atoms with Gasteiger partial charge in [-0.05, 0) is 36.5 Å². The lowest BCUT2D eigenvalue weighted by Crippen LogP contribution is -2.26. The number of hydrogen-bond acceptors (Lipinski definition) is 2. The normalized spacial score (nSPS) is 12.2. The first-order valence-electron chi connectivity index (χ1n) is 7.55. The highest BCUT2D eigenvalue weighted by Gasteiger charge is 2.21. The summed E-state index contributed by atoms with van der Waals surface area (Å²) in [6, 6.07) is 7.39. The van der Waals surface area contributed by atoms with Crippen molar-refractivity contribution >= 4 is 17.6 Å². The molecule has 1 aromatic rings. The second-order valence-corrected chi connectivity index (χ2v) is 5.72. The summed E-state index contributed by atoms with van der Waals surface area (Å²) in [5, 5.41) is 11.6. The highest BCUT2D eigenvalue weighted by molar-refractivity contribution is 5.92. The molecule has 0 fully saturated rings. The molecule has 0 saturated carbocycles. The third-order valence-corrected chi connectivity index (χ3v) is 3.59. The molecule has 0 heterocycles. The molecular weight excluding hydrogens is 266 g/mol. The van der Waals surface area contributed by atoms with Gasteiger partial charge in [-0.25, -0.2) is 0 Å². The minimum atomic E-state index is -0.799. The van der Waals surface area contributed by atoms with Crippen LogP contribution >= 0.6 is 0 Å². The number of carbonyl (C=O) groups excluding carboxylic acids is 1. The number of rotatable bonds is 8. The number of aliphatic carboxylic acids is 1. The van der Waals surface area contributed by atoms with E-state index in [2.05, 4.69) is 26.1 Å². The second kappa shape index (κ2) is 8.45. The maximum absolute atomic E-state index is 12.3. The lowest BCUT2D eigenvalue weighted by Gasteiger charge is -2.19. The van der Waals surface area contributed by atoms with Crippen molar-refractivity contribution in [1.82, 2.24) is 0 Å². The van der Waals surface area contributed by atoms with Gasteiger partial charge >= 0.3 is 5.97 Å².